The fraction of sp³-hybridized carbons (Fsp3) is 0.263. The van der Waals surface area contributed by atoms with Crippen molar-refractivity contribution in [2.24, 2.45) is 0 Å². The number of nitro groups is 1. The predicted molar refractivity (Wildman–Crippen MR) is 106 cm³/mol. The van der Waals surface area contributed by atoms with Crippen LogP contribution in [0, 0.1) is 15.9 Å². The highest BCUT2D eigenvalue weighted by atomic mass is 19.1. The van der Waals surface area contributed by atoms with E-state index in [1.54, 1.807) is 12.1 Å². The number of hydrogen-bond donors (Lipinski definition) is 2. The molecule has 9 heteroatoms. The molecule has 8 nitrogen and oxygen atoms in total. The van der Waals surface area contributed by atoms with E-state index in [2.05, 4.69) is 15.3 Å². The molecule has 3 aromatic rings. The summed E-state index contributed by atoms with van der Waals surface area (Å²) in [7, 11) is 0. The number of hydrogen-bond acceptors (Lipinski definition) is 6. The molecule has 0 unspecified atom stereocenters. The van der Waals surface area contributed by atoms with Crippen LogP contribution < -0.4 is 15.8 Å². The van der Waals surface area contributed by atoms with Crippen LogP contribution in [0.5, 0.6) is 0 Å². The van der Waals surface area contributed by atoms with Gasteiger partial charge in [-0.05, 0) is 37.6 Å². The number of aromatic nitrogens is 2. The smallest absolute Gasteiger partial charge is 0.293 e. The van der Waals surface area contributed by atoms with Crippen molar-refractivity contribution in [3.8, 4) is 0 Å². The van der Waals surface area contributed by atoms with Gasteiger partial charge < -0.3 is 15.2 Å². The van der Waals surface area contributed by atoms with Crippen LogP contribution in [0.3, 0.4) is 0 Å². The van der Waals surface area contributed by atoms with Gasteiger partial charge in [0.05, 0.1) is 27.8 Å². The fourth-order valence-electron chi connectivity index (χ4n) is 3.07. The highest BCUT2D eigenvalue weighted by Gasteiger charge is 2.17. The van der Waals surface area contributed by atoms with E-state index < -0.39 is 10.5 Å². The van der Waals surface area contributed by atoms with Crippen molar-refractivity contribution >= 4 is 28.0 Å². The number of nitro benzene ring substituents is 1. The van der Waals surface area contributed by atoms with Gasteiger partial charge >= 0.3 is 0 Å². The summed E-state index contributed by atoms with van der Waals surface area (Å²) < 4.78 is 14.4. The molecule has 0 bridgehead atoms. The molecule has 3 rings (SSSR count). The van der Waals surface area contributed by atoms with E-state index in [9.17, 15) is 19.3 Å². The van der Waals surface area contributed by atoms with E-state index in [1.165, 1.54) is 24.5 Å². The number of rotatable bonds is 7. The summed E-state index contributed by atoms with van der Waals surface area (Å²) in [6, 6.07) is 7.53. The van der Waals surface area contributed by atoms with Gasteiger partial charge in [0.1, 0.15) is 11.5 Å². The first-order chi connectivity index (χ1) is 13.4. The number of fused-ring (bicyclic) bond motifs is 1. The van der Waals surface area contributed by atoms with Crippen LogP contribution in [0.15, 0.2) is 41.5 Å². The third-order valence-corrected chi connectivity index (χ3v) is 4.55. The summed E-state index contributed by atoms with van der Waals surface area (Å²) in [5, 5.41) is 14.5. The lowest BCUT2D eigenvalue weighted by Gasteiger charge is -2.22. The zero-order chi connectivity index (χ0) is 20.3. The van der Waals surface area contributed by atoms with E-state index >= 15 is 0 Å². The van der Waals surface area contributed by atoms with Gasteiger partial charge in [-0.25, -0.2) is 9.37 Å². The Bertz CT molecular complexity index is 1080. The largest absolute Gasteiger partial charge is 0.375 e. The summed E-state index contributed by atoms with van der Waals surface area (Å²) in [4.78, 5) is 31.0. The van der Waals surface area contributed by atoms with Gasteiger partial charge in [-0.1, -0.05) is 6.07 Å². The molecule has 1 aromatic heterocycles. The van der Waals surface area contributed by atoms with Gasteiger partial charge in [0.25, 0.3) is 11.2 Å². The summed E-state index contributed by atoms with van der Waals surface area (Å²) in [6.07, 6.45) is 1.24. The number of nitrogens with one attached hydrogen (secondary N) is 2. The second-order valence-corrected chi connectivity index (χ2v) is 6.19. The fourth-order valence-corrected chi connectivity index (χ4v) is 3.07. The van der Waals surface area contributed by atoms with Crippen molar-refractivity contribution in [1.29, 1.82) is 0 Å². The first kappa shape index (κ1) is 19.3. The second kappa shape index (κ2) is 8.03. The standard InChI is InChI=1S/C19H20FN5O3/c1-3-24(4-2)17-6-5-12(7-14(17)20)10-21-16-9-15-13(8-18(16)25(27)28)19(26)23-11-22-15/h5-9,11,21H,3-4,10H2,1-2H3,(H,22,23,26). The predicted octanol–water partition coefficient (Wildman–Crippen LogP) is 3.43. The molecular weight excluding hydrogens is 365 g/mol. The van der Waals surface area contributed by atoms with Crippen LogP contribution in [-0.2, 0) is 6.54 Å². The molecule has 0 amide bonds. The first-order valence-electron chi connectivity index (χ1n) is 8.87. The molecule has 0 aliphatic rings. The highest BCUT2D eigenvalue weighted by molar-refractivity contribution is 5.86. The number of anilines is 2. The van der Waals surface area contributed by atoms with Crippen LogP contribution in [-0.4, -0.2) is 28.0 Å². The zero-order valence-electron chi connectivity index (χ0n) is 15.5. The summed E-state index contributed by atoms with van der Waals surface area (Å²) in [5.41, 5.74) is 1.01. The molecule has 0 radical (unpaired) electrons. The average Bonchev–Trinajstić information content (AvgIpc) is 2.68. The van der Waals surface area contributed by atoms with Crippen molar-refractivity contribution in [1.82, 2.24) is 9.97 Å². The Kier molecular flexibility index (Phi) is 5.53. The lowest BCUT2D eigenvalue weighted by atomic mass is 10.1. The molecule has 0 atom stereocenters. The molecular formula is C19H20FN5O3. The van der Waals surface area contributed by atoms with Gasteiger partial charge in [0.2, 0.25) is 0 Å². The maximum atomic E-state index is 14.4. The summed E-state index contributed by atoms with van der Waals surface area (Å²) in [6.45, 7) is 5.48. The Morgan fingerprint density at radius 3 is 2.64 bits per heavy atom. The molecule has 0 saturated carbocycles. The van der Waals surface area contributed by atoms with Crippen molar-refractivity contribution in [3.63, 3.8) is 0 Å². The molecule has 1 heterocycles. The minimum absolute atomic E-state index is 0.134. The minimum Gasteiger partial charge on any atom is -0.375 e. The molecule has 0 saturated heterocycles. The van der Waals surface area contributed by atoms with E-state index in [-0.39, 0.29) is 29.1 Å². The number of halogens is 1. The second-order valence-electron chi connectivity index (χ2n) is 6.19. The van der Waals surface area contributed by atoms with Crippen molar-refractivity contribution in [3.05, 3.63) is 68.5 Å². The van der Waals surface area contributed by atoms with E-state index in [4.69, 9.17) is 0 Å². The Morgan fingerprint density at radius 2 is 2.00 bits per heavy atom. The van der Waals surface area contributed by atoms with Crippen molar-refractivity contribution < 1.29 is 9.31 Å². The van der Waals surface area contributed by atoms with Crippen LogP contribution in [0.1, 0.15) is 19.4 Å². The van der Waals surface area contributed by atoms with E-state index in [0.29, 0.717) is 29.9 Å². The number of aromatic amines is 1. The summed E-state index contributed by atoms with van der Waals surface area (Å²) >= 11 is 0. The van der Waals surface area contributed by atoms with Gasteiger partial charge in [0.15, 0.2) is 0 Å². The maximum Gasteiger partial charge on any atom is 0.293 e. The van der Waals surface area contributed by atoms with E-state index in [0.717, 1.165) is 0 Å². The van der Waals surface area contributed by atoms with Gasteiger partial charge in [-0.3, -0.25) is 14.9 Å². The van der Waals surface area contributed by atoms with Crippen LogP contribution in [0.2, 0.25) is 0 Å². The lowest BCUT2D eigenvalue weighted by Crippen LogP contribution is -2.23. The maximum absolute atomic E-state index is 14.4. The van der Waals surface area contributed by atoms with Crippen LogP contribution in [0.4, 0.5) is 21.5 Å². The molecule has 2 aromatic carbocycles. The number of H-pyrrole nitrogens is 1. The van der Waals surface area contributed by atoms with Crippen molar-refractivity contribution in [2.45, 2.75) is 20.4 Å². The van der Waals surface area contributed by atoms with Crippen LogP contribution in [0.25, 0.3) is 10.9 Å². The Hall–Kier alpha value is -3.49. The Balaban J connectivity index is 1.89. The highest BCUT2D eigenvalue weighted by Crippen LogP contribution is 2.29. The Labute approximate surface area is 160 Å². The molecule has 0 aliphatic carbocycles. The normalized spacial score (nSPS) is 10.8. The third kappa shape index (κ3) is 3.78. The molecule has 0 fully saturated rings. The first-order valence-corrected chi connectivity index (χ1v) is 8.87. The quantitative estimate of drug-likeness (QED) is 0.477. The lowest BCUT2D eigenvalue weighted by molar-refractivity contribution is -0.383. The molecule has 28 heavy (non-hydrogen) atoms. The molecule has 0 spiro atoms. The topological polar surface area (TPSA) is 104 Å². The zero-order valence-corrected chi connectivity index (χ0v) is 15.5. The third-order valence-electron chi connectivity index (χ3n) is 4.55. The molecule has 146 valence electrons. The Morgan fingerprint density at radius 1 is 1.25 bits per heavy atom. The monoisotopic (exact) mass is 385 g/mol. The van der Waals surface area contributed by atoms with Gasteiger partial charge in [0, 0.05) is 25.7 Å². The minimum atomic E-state index is -0.571. The van der Waals surface area contributed by atoms with Gasteiger partial charge in [-0.15, -0.1) is 0 Å². The molecule has 2 N–H and O–H groups in total. The number of benzene rings is 2. The number of nitrogens with zero attached hydrogens (tertiary/aromatic N) is 3. The average molecular weight is 385 g/mol. The molecule has 0 aliphatic heterocycles. The van der Waals surface area contributed by atoms with Gasteiger partial charge in [-0.2, -0.15) is 0 Å². The van der Waals surface area contributed by atoms with Crippen molar-refractivity contribution in [2.75, 3.05) is 23.3 Å². The summed E-state index contributed by atoms with van der Waals surface area (Å²) in [5.74, 6) is -0.343. The van der Waals surface area contributed by atoms with E-state index in [1.807, 2.05) is 18.7 Å². The SMILES string of the molecule is CCN(CC)c1ccc(CNc2cc3nc[nH]c(=O)c3cc2[N+](=O)[O-])cc1F. The van der Waals surface area contributed by atoms with Crippen LogP contribution >= 0.6 is 0 Å².